The van der Waals surface area contributed by atoms with Crippen molar-refractivity contribution in [2.24, 2.45) is 0 Å². The van der Waals surface area contributed by atoms with E-state index in [1.54, 1.807) is 13.2 Å². The Morgan fingerprint density at radius 1 is 1.03 bits per heavy atom. The lowest BCUT2D eigenvalue weighted by molar-refractivity contribution is 0.0505. The van der Waals surface area contributed by atoms with E-state index in [9.17, 15) is 9.59 Å². The molecule has 1 aliphatic carbocycles. The minimum atomic E-state index is -0.546. The van der Waals surface area contributed by atoms with Gasteiger partial charge < -0.3 is 25.1 Å². The van der Waals surface area contributed by atoms with Crippen LogP contribution in [0.3, 0.4) is 0 Å². The molecular weight excluding hydrogens is 460 g/mol. The molecule has 1 fully saturated rings. The van der Waals surface area contributed by atoms with E-state index in [1.165, 1.54) is 0 Å². The molecule has 10 heteroatoms. The highest BCUT2D eigenvalue weighted by Crippen LogP contribution is 2.28. The third kappa shape index (κ3) is 4.98. The van der Waals surface area contributed by atoms with E-state index in [0.717, 1.165) is 40.5 Å². The van der Waals surface area contributed by atoms with Gasteiger partial charge in [0, 0.05) is 29.1 Å². The van der Waals surface area contributed by atoms with E-state index in [1.807, 2.05) is 51.1 Å². The summed E-state index contributed by atoms with van der Waals surface area (Å²) in [6.45, 7) is 5.49. The van der Waals surface area contributed by atoms with Gasteiger partial charge in [-0.15, -0.1) is 0 Å². The van der Waals surface area contributed by atoms with Gasteiger partial charge >= 0.3 is 6.09 Å². The molecule has 36 heavy (non-hydrogen) atoms. The third-order valence-electron chi connectivity index (χ3n) is 6.23. The van der Waals surface area contributed by atoms with Gasteiger partial charge in [0.1, 0.15) is 17.0 Å². The van der Waals surface area contributed by atoms with Gasteiger partial charge in [0.15, 0.2) is 5.82 Å². The first kappa shape index (κ1) is 23.7. The number of carbonyl (C=O) groups is 2. The number of imidazole rings is 1. The van der Waals surface area contributed by atoms with Crippen molar-refractivity contribution in [3.63, 3.8) is 0 Å². The highest BCUT2D eigenvalue weighted by molar-refractivity contribution is 6.01. The van der Waals surface area contributed by atoms with E-state index >= 15 is 0 Å². The molecule has 2 heterocycles. The van der Waals surface area contributed by atoms with E-state index in [2.05, 4.69) is 30.8 Å². The number of carbonyl (C=O) groups excluding carboxylic acids is 2. The molecule has 0 spiro atoms. The number of nitrogens with one attached hydrogen (secondary N) is 4. The third-order valence-corrected chi connectivity index (χ3v) is 6.23. The zero-order valence-corrected chi connectivity index (χ0v) is 20.8. The molecule has 0 saturated heterocycles. The minimum absolute atomic E-state index is 0.0256. The summed E-state index contributed by atoms with van der Waals surface area (Å²) >= 11 is 0. The van der Waals surface area contributed by atoms with E-state index in [4.69, 9.17) is 9.47 Å². The second-order valence-electron chi connectivity index (χ2n) is 10.1. The summed E-state index contributed by atoms with van der Waals surface area (Å²) in [6, 6.07) is 11.0. The van der Waals surface area contributed by atoms with Gasteiger partial charge in [-0.3, -0.25) is 9.89 Å². The number of aromatic nitrogens is 4. The zero-order chi connectivity index (χ0) is 25.4. The monoisotopic (exact) mass is 490 g/mol. The first-order valence-corrected chi connectivity index (χ1v) is 12.0. The molecule has 10 nitrogen and oxygen atoms in total. The molecular formula is C26H30N6O4. The van der Waals surface area contributed by atoms with Crippen LogP contribution >= 0.6 is 0 Å². The molecule has 0 radical (unpaired) electrons. The number of nitrogens with zero attached hydrogens (tertiary/aromatic N) is 2. The molecule has 2 amide bonds. The molecule has 5 rings (SSSR count). The van der Waals surface area contributed by atoms with Crippen molar-refractivity contribution in [1.29, 1.82) is 0 Å². The molecule has 0 aliphatic heterocycles. The van der Waals surface area contributed by atoms with Crippen LogP contribution in [0.15, 0.2) is 36.4 Å². The molecule has 4 aromatic rings. The van der Waals surface area contributed by atoms with E-state index in [-0.39, 0.29) is 18.0 Å². The topological polar surface area (TPSA) is 134 Å². The lowest BCUT2D eigenvalue weighted by Crippen LogP contribution is -2.39. The van der Waals surface area contributed by atoms with Crippen molar-refractivity contribution >= 4 is 33.9 Å². The van der Waals surface area contributed by atoms with E-state index < -0.39 is 11.7 Å². The van der Waals surface area contributed by atoms with Gasteiger partial charge in [0.25, 0.3) is 5.91 Å². The summed E-state index contributed by atoms with van der Waals surface area (Å²) in [5, 5.41) is 14.2. The molecule has 188 valence electrons. The Morgan fingerprint density at radius 2 is 1.81 bits per heavy atom. The number of hydrogen-bond donors (Lipinski definition) is 4. The highest BCUT2D eigenvalue weighted by Gasteiger charge is 2.29. The van der Waals surface area contributed by atoms with Crippen LogP contribution in [0.4, 0.5) is 4.79 Å². The second-order valence-corrected chi connectivity index (χ2v) is 10.1. The van der Waals surface area contributed by atoms with Crippen LogP contribution in [0.5, 0.6) is 5.75 Å². The van der Waals surface area contributed by atoms with Gasteiger partial charge in [-0.05, 0) is 70.4 Å². The fraction of sp³-hybridized carbons (Fsp3) is 0.385. The Labute approximate surface area is 208 Å². The number of hydrogen-bond acceptors (Lipinski definition) is 6. The number of alkyl carbamates (subject to hydrolysis) is 1. The highest BCUT2D eigenvalue weighted by atomic mass is 16.6. The lowest BCUT2D eigenvalue weighted by Gasteiger charge is -2.21. The summed E-state index contributed by atoms with van der Waals surface area (Å²) in [6.07, 6.45) is 1.80. The fourth-order valence-electron chi connectivity index (χ4n) is 4.55. The number of ether oxygens (including phenoxy) is 2. The normalized spacial score (nSPS) is 17.9. The average Bonchev–Trinajstić information content (AvgIpc) is 3.54. The second kappa shape index (κ2) is 9.18. The number of rotatable bonds is 5. The molecule has 0 unspecified atom stereocenters. The van der Waals surface area contributed by atoms with Gasteiger partial charge in [-0.1, -0.05) is 0 Å². The maximum absolute atomic E-state index is 13.1. The van der Waals surface area contributed by atoms with Crippen molar-refractivity contribution in [2.45, 2.75) is 57.7 Å². The summed E-state index contributed by atoms with van der Waals surface area (Å²) in [5.74, 6) is 1.18. The van der Waals surface area contributed by atoms with Crippen molar-refractivity contribution in [1.82, 2.24) is 30.8 Å². The molecule has 0 bridgehead atoms. The quantitative estimate of drug-likeness (QED) is 0.330. The number of methoxy groups -OCH3 is 1. The lowest BCUT2D eigenvalue weighted by atomic mass is 10.1. The maximum Gasteiger partial charge on any atom is 0.407 e. The predicted octanol–water partition coefficient (Wildman–Crippen LogP) is 4.29. The number of fused-ring (bicyclic) bond motifs is 2. The Kier molecular flexibility index (Phi) is 6.03. The zero-order valence-electron chi connectivity index (χ0n) is 20.8. The van der Waals surface area contributed by atoms with Gasteiger partial charge in [0.05, 0.1) is 23.7 Å². The number of amides is 2. The van der Waals surface area contributed by atoms with Crippen LogP contribution in [0, 0.1) is 0 Å². The van der Waals surface area contributed by atoms with Crippen molar-refractivity contribution in [3.05, 3.63) is 42.0 Å². The Bertz CT molecular complexity index is 1430. The Morgan fingerprint density at radius 3 is 2.56 bits per heavy atom. The van der Waals surface area contributed by atoms with Crippen LogP contribution in [0.25, 0.3) is 33.5 Å². The first-order chi connectivity index (χ1) is 17.2. The van der Waals surface area contributed by atoms with E-state index in [0.29, 0.717) is 23.5 Å². The Balaban J connectivity index is 1.29. The van der Waals surface area contributed by atoms with Crippen molar-refractivity contribution in [2.75, 3.05) is 7.11 Å². The van der Waals surface area contributed by atoms with Crippen LogP contribution in [0.2, 0.25) is 0 Å². The van der Waals surface area contributed by atoms with Crippen molar-refractivity contribution in [3.8, 4) is 17.3 Å². The molecule has 1 saturated carbocycles. The standard InChI is InChI=1S/C26H30N6O4/c1-26(2,3)36-25(34)28-16-7-6-15(12-16)27-24(33)14-5-9-19-18(11-14)22(32-31-19)23-29-20-10-8-17(35-4)13-21(20)30-23/h5,8-11,13,15-16H,6-7,12H2,1-4H3,(H,27,33)(H,28,34)(H,29,30)(H,31,32)/t15-,16-/m0/s1. The number of benzene rings is 2. The van der Waals surface area contributed by atoms with Gasteiger partial charge in [-0.2, -0.15) is 5.10 Å². The summed E-state index contributed by atoms with van der Waals surface area (Å²) < 4.78 is 10.6. The molecule has 2 atom stereocenters. The average molecular weight is 491 g/mol. The number of H-pyrrole nitrogens is 2. The van der Waals surface area contributed by atoms with Crippen LogP contribution in [-0.2, 0) is 4.74 Å². The van der Waals surface area contributed by atoms with Crippen LogP contribution in [0.1, 0.15) is 50.4 Å². The summed E-state index contributed by atoms with van der Waals surface area (Å²) in [7, 11) is 1.62. The SMILES string of the molecule is COc1ccc2nc(-c3n[nH]c4ccc(C(=O)N[C@H]5CC[C@H](NC(=O)OC(C)(C)C)C5)cc34)[nH]c2c1. The largest absolute Gasteiger partial charge is 0.497 e. The molecule has 4 N–H and O–H groups in total. The minimum Gasteiger partial charge on any atom is -0.497 e. The van der Waals surface area contributed by atoms with Crippen LogP contribution < -0.4 is 15.4 Å². The molecule has 1 aliphatic rings. The number of aromatic amines is 2. The van der Waals surface area contributed by atoms with Crippen molar-refractivity contribution < 1.29 is 19.1 Å². The Hall–Kier alpha value is -4.08. The van der Waals surface area contributed by atoms with Gasteiger partial charge in [-0.25, -0.2) is 9.78 Å². The van der Waals surface area contributed by atoms with Gasteiger partial charge in [0.2, 0.25) is 0 Å². The summed E-state index contributed by atoms with van der Waals surface area (Å²) in [4.78, 5) is 33.1. The fourth-order valence-corrected chi connectivity index (χ4v) is 4.55. The predicted molar refractivity (Wildman–Crippen MR) is 136 cm³/mol. The smallest absolute Gasteiger partial charge is 0.407 e. The molecule has 2 aromatic carbocycles. The summed E-state index contributed by atoms with van der Waals surface area (Å²) in [5.41, 5.74) is 3.07. The molecule has 2 aromatic heterocycles. The first-order valence-electron chi connectivity index (χ1n) is 12.0. The van der Waals surface area contributed by atoms with Crippen LogP contribution in [-0.4, -0.2) is 57.0 Å². The maximum atomic E-state index is 13.1.